The van der Waals surface area contributed by atoms with Crippen LogP contribution in [0.4, 0.5) is 14.6 Å². The Bertz CT molecular complexity index is 584. The second kappa shape index (κ2) is 5.47. The van der Waals surface area contributed by atoms with Crippen LogP contribution in [0.2, 0.25) is 0 Å². The Labute approximate surface area is 107 Å². The number of ether oxygens (including phenoxy) is 1. The molecule has 7 heteroatoms. The van der Waals surface area contributed by atoms with Gasteiger partial charge in [0.05, 0.1) is 11.8 Å². The monoisotopic (exact) mass is 268 g/mol. The molecule has 19 heavy (non-hydrogen) atoms. The Kier molecular flexibility index (Phi) is 3.74. The minimum absolute atomic E-state index is 0.0756. The van der Waals surface area contributed by atoms with Gasteiger partial charge in [-0.25, -0.2) is 4.98 Å². The number of rotatable bonds is 4. The second-order valence-electron chi connectivity index (χ2n) is 3.57. The highest BCUT2D eigenvalue weighted by atomic mass is 19.3. The lowest BCUT2D eigenvalue weighted by Gasteiger charge is -2.10. The molecule has 0 aliphatic heterocycles. The van der Waals surface area contributed by atoms with E-state index >= 15 is 0 Å². The third-order valence-electron chi connectivity index (χ3n) is 2.32. The van der Waals surface area contributed by atoms with Crippen molar-refractivity contribution >= 4 is 11.7 Å². The first kappa shape index (κ1) is 13.0. The number of carbonyl (C=O) groups excluding carboxylic acids is 1. The van der Waals surface area contributed by atoms with Gasteiger partial charge in [-0.05, 0) is 25.1 Å². The van der Waals surface area contributed by atoms with Gasteiger partial charge in [0.25, 0.3) is 5.91 Å². The fourth-order valence-corrected chi connectivity index (χ4v) is 1.47. The molecule has 0 aromatic carbocycles. The summed E-state index contributed by atoms with van der Waals surface area (Å²) >= 11 is 0. The predicted octanol–water partition coefficient (Wildman–Crippen LogP) is 2.84. The van der Waals surface area contributed by atoms with Gasteiger partial charge < -0.3 is 14.5 Å². The molecule has 0 atom stereocenters. The predicted molar refractivity (Wildman–Crippen MR) is 62.3 cm³/mol. The van der Waals surface area contributed by atoms with E-state index < -0.39 is 12.5 Å². The van der Waals surface area contributed by atoms with Crippen LogP contribution in [0.15, 0.2) is 35.1 Å². The molecule has 0 radical (unpaired) electrons. The van der Waals surface area contributed by atoms with E-state index in [1.54, 1.807) is 6.92 Å². The zero-order chi connectivity index (χ0) is 13.8. The van der Waals surface area contributed by atoms with Crippen molar-refractivity contribution in [2.24, 2.45) is 0 Å². The molecule has 0 unspecified atom stereocenters. The number of halogens is 2. The Morgan fingerprint density at radius 3 is 2.89 bits per heavy atom. The van der Waals surface area contributed by atoms with E-state index in [0.717, 1.165) is 0 Å². The molecular weight excluding hydrogens is 258 g/mol. The van der Waals surface area contributed by atoms with Gasteiger partial charge in [0, 0.05) is 6.20 Å². The van der Waals surface area contributed by atoms with E-state index in [0.29, 0.717) is 11.3 Å². The molecular formula is C12H10F2N2O3. The Morgan fingerprint density at radius 1 is 1.47 bits per heavy atom. The van der Waals surface area contributed by atoms with Crippen molar-refractivity contribution in [1.82, 2.24) is 4.98 Å². The fraction of sp³-hybridized carbons (Fsp3) is 0.167. The van der Waals surface area contributed by atoms with Crippen molar-refractivity contribution in [3.8, 4) is 5.75 Å². The number of alkyl halides is 2. The first-order chi connectivity index (χ1) is 9.08. The molecule has 0 spiro atoms. The van der Waals surface area contributed by atoms with Gasteiger partial charge in [-0.1, -0.05) is 0 Å². The lowest BCUT2D eigenvalue weighted by molar-refractivity contribution is -0.0495. The van der Waals surface area contributed by atoms with E-state index in [1.165, 1.54) is 30.7 Å². The van der Waals surface area contributed by atoms with Crippen molar-refractivity contribution in [2.75, 3.05) is 5.32 Å². The number of nitrogens with zero attached hydrogens (tertiary/aromatic N) is 1. The Balaban J connectivity index is 2.19. The third-order valence-corrected chi connectivity index (χ3v) is 2.32. The van der Waals surface area contributed by atoms with Gasteiger partial charge in [0.2, 0.25) is 0 Å². The molecule has 0 saturated carbocycles. The van der Waals surface area contributed by atoms with Gasteiger partial charge in [0.1, 0.15) is 5.76 Å². The van der Waals surface area contributed by atoms with Crippen molar-refractivity contribution in [1.29, 1.82) is 0 Å². The van der Waals surface area contributed by atoms with Crippen LogP contribution < -0.4 is 10.1 Å². The zero-order valence-electron chi connectivity index (χ0n) is 9.89. The van der Waals surface area contributed by atoms with Crippen molar-refractivity contribution < 1.29 is 22.7 Å². The van der Waals surface area contributed by atoms with Gasteiger partial charge in [-0.2, -0.15) is 8.78 Å². The van der Waals surface area contributed by atoms with Crippen molar-refractivity contribution in [2.45, 2.75) is 13.5 Å². The summed E-state index contributed by atoms with van der Waals surface area (Å²) in [4.78, 5) is 15.7. The highest BCUT2D eigenvalue weighted by Crippen LogP contribution is 2.23. The quantitative estimate of drug-likeness (QED) is 0.926. The lowest BCUT2D eigenvalue weighted by atomic mass is 10.2. The molecule has 5 nitrogen and oxygen atoms in total. The maximum absolute atomic E-state index is 12.2. The first-order valence-electron chi connectivity index (χ1n) is 5.33. The van der Waals surface area contributed by atoms with Gasteiger partial charge >= 0.3 is 6.61 Å². The third kappa shape index (κ3) is 3.06. The number of amides is 1. The molecule has 0 aliphatic rings. The Hall–Kier alpha value is -2.44. The maximum atomic E-state index is 12.2. The number of aryl methyl sites for hydroxylation is 1. The summed E-state index contributed by atoms with van der Waals surface area (Å²) in [5.74, 6) is -0.366. The van der Waals surface area contributed by atoms with Crippen LogP contribution in [0.25, 0.3) is 0 Å². The van der Waals surface area contributed by atoms with Crippen LogP contribution >= 0.6 is 0 Å². The summed E-state index contributed by atoms with van der Waals surface area (Å²) < 4.78 is 33.6. The van der Waals surface area contributed by atoms with Crippen LogP contribution in [-0.2, 0) is 0 Å². The van der Waals surface area contributed by atoms with Crippen LogP contribution in [0.1, 0.15) is 16.1 Å². The molecule has 0 aliphatic carbocycles. The number of anilines is 1. The number of pyridine rings is 1. The minimum atomic E-state index is -2.99. The summed E-state index contributed by atoms with van der Waals surface area (Å²) in [7, 11) is 0. The van der Waals surface area contributed by atoms with Crippen molar-refractivity contribution in [3.63, 3.8) is 0 Å². The molecule has 1 amide bonds. The van der Waals surface area contributed by atoms with Crippen LogP contribution in [-0.4, -0.2) is 17.5 Å². The molecule has 0 saturated heterocycles. The minimum Gasteiger partial charge on any atom is -0.469 e. The molecule has 2 aromatic heterocycles. The normalized spacial score (nSPS) is 10.5. The average molecular weight is 268 g/mol. The summed E-state index contributed by atoms with van der Waals surface area (Å²) in [5.41, 5.74) is 0.300. The van der Waals surface area contributed by atoms with E-state index in [9.17, 15) is 13.6 Å². The number of nitrogens with one attached hydrogen (secondary N) is 1. The van der Waals surface area contributed by atoms with E-state index in [1.807, 2.05) is 0 Å². The molecule has 0 fully saturated rings. The number of hydrogen-bond acceptors (Lipinski definition) is 4. The smallest absolute Gasteiger partial charge is 0.387 e. The van der Waals surface area contributed by atoms with Gasteiger partial charge in [-0.15, -0.1) is 0 Å². The average Bonchev–Trinajstić information content (AvgIpc) is 2.77. The van der Waals surface area contributed by atoms with Gasteiger partial charge in [0.15, 0.2) is 11.6 Å². The summed E-state index contributed by atoms with van der Waals surface area (Å²) in [6.45, 7) is -1.38. The largest absolute Gasteiger partial charge is 0.469 e. The van der Waals surface area contributed by atoms with Gasteiger partial charge in [-0.3, -0.25) is 4.79 Å². The van der Waals surface area contributed by atoms with Crippen LogP contribution in [0.3, 0.4) is 0 Å². The number of hydrogen-bond donors (Lipinski definition) is 1. The van der Waals surface area contributed by atoms with Crippen LogP contribution in [0, 0.1) is 6.92 Å². The molecule has 0 bridgehead atoms. The number of furan rings is 1. The topological polar surface area (TPSA) is 64.4 Å². The summed E-state index contributed by atoms with van der Waals surface area (Å²) in [5, 5.41) is 2.39. The van der Waals surface area contributed by atoms with E-state index in [2.05, 4.69) is 15.0 Å². The van der Waals surface area contributed by atoms with E-state index in [-0.39, 0.29) is 11.6 Å². The Morgan fingerprint density at radius 2 is 2.26 bits per heavy atom. The summed E-state index contributed by atoms with van der Waals surface area (Å²) in [6, 6.07) is 4.19. The standard InChI is InChI=1S/C12H10F2N2O3/c1-7-8(4-6-18-7)11(17)16-10-9(19-12(13)14)3-2-5-15-10/h2-6,12H,1H3,(H,15,16,17). The summed E-state index contributed by atoms with van der Waals surface area (Å²) in [6.07, 6.45) is 2.72. The second-order valence-corrected chi connectivity index (χ2v) is 3.57. The fourth-order valence-electron chi connectivity index (χ4n) is 1.47. The molecule has 2 heterocycles. The number of carbonyl (C=O) groups is 1. The highest BCUT2D eigenvalue weighted by Gasteiger charge is 2.16. The van der Waals surface area contributed by atoms with Crippen molar-refractivity contribution in [3.05, 3.63) is 42.0 Å². The molecule has 2 rings (SSSR count). The van der Waals surface area contributed by atoms with Crippen LogP contribution in [0.5, 0.6) is 5.75 Å². The molecule has 100 valence electrons. The highest BCUT2D eigenvalue weighted by molar-refractivity contribution is 6.05. The molecule has 2 aromatic rings. The first-order valence-corrected chi connectivity index (χ1v) is 5.33. The molecule has 1 N–H and O–H groups in total. The SMILES string of the molecule is Cc1occc1C(=O)Nc1ncccc1OC(F)F. The maximum Gasteiger partial charge on any atom is 0.387 e. The number of aromatic nitrogens is 1. The lowest BCUT2D eigenvalue weighted by Crippen LogP contribution is -2.15. The zero-order valence-corrected chi connectivity index (χ0v) is 9.89. The van der Waals surface area contributed by atoms with E-state index in [4.69, 9.17) is 4.42 Å².